The molecule has 0 aromatic carbocycles. The Labute approximate surface area is 107 Å². The van der Waals surface area contributed by atoms with Crippen molar-refractivity contribution >= 4 is 15.7 Å². The van der Waals surface area contributed by atoms with Gasteiger partial charge in [-0.2, -0.15) is 0 Å². The van der Waals surface area contributed by atoms with Crippen LogP contribution in [0, 0.1) is 0 Å². The quantitative estimate of drug-likeness (QED) is 0.789. The van der Waals surface area contributed by atoms with E-state index < -0.39 is 9.84 Å². The normalized spacial score (nSPS) is 21.7. The summed E-state index contributed by atoms with van der Waals surface area (Å²) in [5, 5.41) is 0. The molecule has 1 aromatic heterocycles. The van der Waals surface area contributed by atoms with Crippen molar-refractivity contribution in [3.8, 4) is 0 Å². The van der Waals surface area contributed by atoms with Crippen LogP contribution in [0.15, 0.2) is 24.4 Å². The van der Waals surface area contributed by atoms with Gasteiger partial charge >= 0.3 is 0 Å². The molecular formula is C12H16N2O3S. The van der Waals surface area contributed by atoms with Crippen molar-refractivity contribution in [2.24, 2.45) is 0 Å². The van der Waals surface area contributed by atoms with Gasteiger partial charge in [-0.3, -0.25) is 9.78 Å². The SMILES string of the molecule is CN(C(=O)Cc1ccccn1)C1CCS(=O)(=O)C1. The lowest BCUT2D eigenvalue weighted by molar-refractivity contribution is -0.130. The predicted molar refractivity (Wildman–Crippen MR) is 67.8 cm³/mol. The summed E-state index contributed by atoms with van der Waals surface area (Å²) in [6.07, 6.45) is 2.39. The molecule has 2 rings (SSSR count). The summed E-state index contributed by atoms with van der Waals surface area (Å²) in [6.45, 7) is 0. The third-order valence-electron chi connectivity index (χ3n) is 3.21. The van der Waals surface area contributed by atoms with E-state index in [4.69, 9.17) is 0 Å². The van der Waals surface area contributed by atoms with Crippen molar-refractivity contribution in [3.05, 3.63) is 30.1 Å². The first-order valence-electron chi connectivity index (χ1n) is 5.84. The maximum Gasteiger partial charge on any atom is 0.228 e. The molecule has 1 saturated heterocycles. The molecule has 2 heterocycles. The van der Waals surface area contributed by atoms with E-state index in [1.165, 1.54) is 0 Å². The van der Waals surface area contributed by atoms with E-state index in [1.807, 2.05) is 6.07 Å². The van der Waals surface area contributed by atoms with Gasteiger partial charge in [-0.15, -0.1) is 0 Å². The molecule has 1 aliphatic rings. The molecule has 0 N–H and O–H groups in total. The Balaban J connectivity index is 1.98. The molecule has 0 saturated carbocycles. The fourth-order valence-corrected chi connectivity index (χ4v) is 3.84. The molecule has 1 unspecified atom stereocenters. The van der Waals surface area contributed by atoms with E-state index >= 15 is 0 Å². The lowest BCUT2D eigenvalue weighted by Crippen LogP contribution is -2.38. The minimum Gasteiger partial charge on any atom is -0.341 e. The van der Waals surface area contributed by atoms with Gasteiger partial charge in [0.15, 0.2) is 9.84 Å². The van der Waals surface area contributed by atoms with Crippen LogP contribution in [0.2, 0.25) is 0 Å². The largest absolute Gasteiger partial charge is 0.341 e. The van der Waals surface area contributed by atoms with Crippen molar-refractivity contribution in [1.29, 1.82) is 0 Å². The lowest BCUT2D eigenvalue weighted by atomic mass is 10.2. The Bertz CT molecular complexity index is 528. The summed E-state index contributed by atoms with van der Waals surface area (Å²) in [4.78, 5) is 17.6. The second-order valence-electron chi connectivity index (χ2n) is 4.56. The second kappa shape index (κ2) is 5.06. The van der Waals surface area contributed by atoms with Gasteiger partial charge in [0, 0.05) is 25.0 Å². The van der Waals surface area contributed by atoms with Crippen LogP contribution in [0.5, 0.6) is 0 Å². The number of amides is 1. The average molecular weight is 268 g/mol. The van der Waals surface area contributed by atoms with Crippen LogP contribution in [0.4, 0.5) is 0 Å². The first-order chi connectivity index (χ1) is 8.48. The molecule has 0 spiro atoms. The highest BCUT2D eigenvalue weighted by Gasteiger charge is 2.32. The van der Waals surface area contributed by atoms with E-state index in [-0.39, 0.29) is 29.9 Å². The number of pyridine rings is 1. The predicted octanol–water partition coefficient (Wildman–Crippen LogP) is 0.270. The summed E-state index contributed by atoms with van der Waals surface area (Å²) in [7, 11) is -1.29. The first-order valence-corrected chi connectivity index (χ1v) is 7.66. The minimum atomic E-state index is -2.96. The third-order valence-corrected chi connectivity index (χ3v) is 4.96. The smallest absolute Gasteiger partial charge is 0.228 e. The molecule has 5 nitrogen and oxygen atoms in total. The Kier molecular flexibility index (Phi) is 3.65. The Hall–Kier alpha value is -1.43. The van der Waals surface area contributed by atoms with Gasteiger partial charge < -0.3 is 4.90 Å². The van der Waals surface area contributed by atoms with Crippen LogP contribution in [0.3, 0.4) is 0 Å². The van der Waals surface area contributed by atoms with Gasteiger partial charge in [0.05, 0.1) is 17.9 Å². The standard InChI is InChI=1S/C12H16N2O3S/c1-14(11-5-7-18(16,17)9-11)12(15)8-10-4-2-3-6-13-10/h2-4,6,11H,5,7-9H2,1H3. The summed E-state index contributed by atoms with van der Waals surface area (Å²) in [6, 6.07) is 5.22. The molecule has 0 aliphatic carbocycles. The van der Waals surface area contributed by atoms with Crippen molar-refractivity contribution in [1.82, 2.24) is 9.88 Å². The van der Waals surface area contributed by atoms with E-state index in [9.17, 15) is 13.2 Å². The third kappa shape index (κ3) is 3.07. The molecule has 1 amide bonds. The fourth-order valence-electron chi connectivity index (χ4n) is 2.07. The van der Waals surface area contributed by atoms with Crippen molar-refractivity contribution in [2.45, 2.75) is 18.9 Å². The Morgan fingerprint density at radius 1 is 1.50 bits per heavy atom. The highest BCUT2D eigenvalue weighted by molar-refractivity contribution is 7.91. The maximum absolute atomic E-state index is 12.0. The molecule has 1 aromatic rings. The van der Waals surface area contributed by atoms with Gasteiger partial charge in [0.1, 0.15) is 0 Å². The minimum absolute atomic E-state index is 0.0808. The summed E-state index contributed by atoms with van der Waals surface area (Å²) < 4.78 is 22.8. The molecule has 18 heavy (non-hydrogen) atoms. The van der Waals surface area contributed by atoms with Crippen LogP contribution in [0.1, 0.15) is 12.1 Å². The Morgan fingerprint density at radius 3 is 2.83 bits per heavy atom. The molecule has 1 atom stereocenters. The van der Waals surface area contributed by atoms with Gasteiger partial charge in [0.25, 0.3) is 0 Å². The zero-order valence-electron chi connectivity index (χ0n) is 10.2. The molecular weight excluding hydrogens is 252 g/mol. The molecule has 1 aliphatic heterocycles. The number of hydrogen-bond acceptors (Lipinski definition) is 4. The summed E-state index contributed by atoms with van der Waals surface area (Å²) in [5.74, 6) is 0.173. The van der Waals surface area contributed by atoms with Crippen LogP contribution in [-0.2, 0) is 21.1 Å². The average Bonchev–Trinajstić information content (AvgIpc) is 2.70. The van der Waals surface area contributed by atoms with Crippen molar-refractivity contribution < 1.29 is 13.2 Å². The number of carbonyl (C=O) groups excluding carboxylic acids is 1. The van der Waals surface area contributed by atoms with Crippen LogP contribution < -0.4 is 0 Å². The molecule has 1 fully saturated rings. The Morgan fingerprint density at radius 2 is 2.28 bits per heavy atom. The van der Waals surface area contributed by atoms with Crippen molar-refractivity contribution in [2.75, 3.05) is 18.6 Å². The van der Waals surface area contributed by atoms with E-state index in [0.717, 1.165) is 0 Å². The highest BCUT2D eigenvalue weighted by Crippen LogP contribution is 2.17. The first kappa shape index (κ1) is 13.0. The van der Waals surface area contributed by atoms with E-state index in [2.05, 4.69) is 4.98 Å². The molecule has 98 valence electrons. The van der Waals surface area contributed by atoms with Crippen molar-refractivity contribution in [3.63, 3.8) is 0 Å². The van der Waals surface area contributed by atoms with Crippen LogP contribution >= 0.6 is 0 Å². The van der Waals surface area contributed by atoms with Crippen LogP contribution in [0.25, 0.3) is 0 Å². The summed E-state index contributed by atoms with van der Waals surface area (Å²) >= 11 is 0. The van der Waals surface area contributed by atoms with Gasteiger partial charge in [-0.1, -0.05) is 6.07 Å². The highest BCUT2D eigenvalue weighted by atomic mass is 32.2. The number of sulfone groups is 1. The molecule has 0 bridgehead atoms. The van der Waals surface area contributed by atoms with Gasteiger partial charge in [0.2, 0.25) is 5.91 Å². The molecule has 0 radical (unpaired) electrons. The number of carbonyl (C=O) groups is 1. The van der Waals surface area contributed by atoms with E-state index in [0.29, 0.717) is 12.1 Å². The number of likely N-dealkylation sites (N-methyl/N-ethyl adjacent to an activating group) is 1. The fraction of sp³-hybridized carbons (Fsp3) is 0.500. The number of nitrogens with zero attached hydrogens (tertiary/aromatic N) is 2. The summed E-state index contributed by atoms with van der Waals surface area (Å²) in [5.41, 5.74) is 0.704. The van der Waals surface area contributed by atoms with E-state index in [1.54, 1.807) is 30.3 Å². The van der Waals surface area contributed by atoms with Gasteiger partial charge in [-0.25, -0.2) is 8.42 Å². The van der Waals surface area contributed by atoms with Crippen LogP contribution in [-0.4, -0.2) is 48.8 Å². The number of aromatic nitrogens is 1. The maximum atomic E-state index is 12.0. The topological polar surface area (TPSA) is 67.3 Å². The lowest BCUT2D eigenvalue weighted by Gasteiger charge is -2.23. The zero-order valence-corrected chi connectivity index (χ0v) is 11.1. The monoisotopic (exact) mass is 268 g/mol. The number of rotatable bonds is 3. The molecule has 6 heteroatoms. The zero-order chi connectivity index (χ0) is 13.2. The number of hydrogen-bond donors (Lipinski definition) is 0. The van der Waals surface area contributed by atoms with Gasteiger partial charge in [-0.05, 0) is 18.6 Å². The second-order valence-corrected chi connectivity index (χ2v) is 6.79.